The molecule has 116 valence electrons. The van der Waals surface area contributed by atoms with Gasteiger partial charge in [0.25, 0.3) is 0 Å². The monoisotopic (exact) mass is 318 g/mol. The lowest BCUT2D eigenvalue weighted by Crippen LogP contribution is -2.07. The molecule has 0 atom stereocenters. The summed E-state index contributed by atoms with van der Waals surface area (Å²) < 4.78 is 10.9. The fraction of sp³-hybridized carbons (Fsp3) is 0.278. The molecular formula is C18H19ClO3. The minimum Gasteiger partial charge on any atom is -0.466 e. The lowest BCUT2D eigenvalue weighted by molar-refractivity contribution is -0.142. The Morgan fingerprint density at radius 3 is 2.64 bits per heavy atom. The highest BCUT2D eigenvalue weighted by atomic mass is 35.5. The zero-order chi connectivity index (χ0) is 15.9. The molecule has 0 unspecified atom stereocenters. The van der Waals surface area contributed by atoms with Gasteiger partial charge in [-0.2, -0.15) is 0 Å². The Morgan fingerprint density at radius 1 is 1.14 bits per heavy atom. The first-order valence-corrected chi connectivity index (χ1v) is 7.71. The van der Waals surface area contributed by atoms with E-state index in [1.807, 2.05) is 30.3 Å². The van der Waals surface area contributed by atoms with Crippen molar-refractivity contribution in [3.05, 3.63) is 58.6 Å². The summed E-state index contributed by atoms with van der Waals surface area (Å²) in [6, 6.07) is 13.0. The summed E-state index contributed by atoms with van der Waals surface area (Å²) in [6.07, 6.45) is 1.08. The molecule has 0 aliphatic carbocycles. The van der Waals surface area contributed by atoms with Gasteiger partial charge in [-0.1, -0.05) is 36.7 Å². The van der Waals surface area contributed by atoms with Crippen LogP contribution in [0.5, 0.6) is 11.5 Å². The van der Waals surface area contributed by atoms with Crippen molar-refractivity contribution in [2.45, 2.75) is 26.7 Å². The Morgan fingerprint density at radius 2 is 1.95 bits per heavy atom. The number of halogens is 1. The van der Waals surface area contributed by atoms with Crippen molar-refractivity contribution in [1.82, 2.24) is 0 Å². The van der Waals surface area contributed by atoms with Crippen LogP contribution in [0, 0.1) is 0 Å². The van der Waals surface area contributed by atoms with Crippen LogP contribution in [0.1, 0.15) is 25.0 Å². The molecule has 0 saturated carbocycles. The number of carbonyl (C=O) groups is 1. The van der Waals surface area contributed by atoms with E-state index in [1.54, 1.807) is 19.1 Å². The molecular weight excluding hydrogens is 300 g/mol. The smallest absolute Gasteiger partial charge is 0.310 e. The largest absolute Gasteiger partial charge is 0.466 e. The van der Waals surface area contributed by atoms with Crippen LogP contribution in [-0.4, -0.2) is 12.6 Å². The van der Waals surface area contributed by atoms with Crippen LogP contribution in [0.4, 0.5) is 0 Å². The molecule has 0 saturated heterocycles. The average Bonchev–Trinajstić information content (AvgIpc) is 2.48. The van der Waals surface area contributed by atoms with Gasteiger partial charge in [-0.25, -0.2) is 0 Å². The molecule has 2 aromatic carbocycles. The van der Waals surface area contributed by atoms with Crippen molar-refractivity contribution in [2.75, 3.05) is 6.61 Å². The molecule has 0 aromatic heterocycles. The van der Waals surface area contributed by atoms with E-state index in [-0.39, 0.29) is 12.4 Å². The van der Waals surface area contributed by atoms with Gasteiger partial charge in [0, 0.05) is 5.02 Å². The standard InChI is InChI=1S/C18H19ClO3/c1-3-14-9-8-13(11-18(20)21-4-2)10-17(14)22-16-7-5-6-15(19)12-16/h5-10,12H,3-4,11H2,1-2H3. The molecule has 2 rings (SSSR count). The lowest BCUT2D eigenvalue weighted by Gasteiger charge is -2.12. The van der Waals surface area contributed by atoms with Gasteiger partial charge in [-0.05, 0) is 48.7 Å². The number of esters is 1. The Labute approximate surface area is 135 Å². The number of rotatable bonds is 6. The molecule has 0 fully saturated rings. The lowest BCUT2D eigenvalue weighted by atomic mass is 10.1. The summed E-state index contributed by atoms with van der Waals surface area (Å²) in [5, 5.41) is 0.623. The predicted octanol–water partition coefficient (Wildman–Crippen LogP) is 4.80. The van der Waals surface area contributed by atoms with Gasteiger partial charge in [0.2, 0.25) is 0 Å². The van der Waals surface area contributed by atoms with Gasteiger partial charge in [0.1, 0.15) is 11.5 Å². The van der Waals surface area contributed by atoms with Crippen molar-refractivity contribution < 1.29 is 14.3 Å². The zero-order valence-corrected chi connectivity index (χ0v) is 13.5. The SMILES string of the molecule is CCOC(=O)Cc1ccc(CC)c(Oc2cccc(Cl)c2)c1. The molecule has 0 aliphatic rings. The second kappa shape index (κ2) is 7.85. The molecule has 0 amide bonds. The first kappa shape index (κ1) is 16.4. The van der Waals surface area contributed by atoms with Gasteiger partial charge < -0.3 is 9.47 Å². The van der Waals surface area contributed by atoms with E-state index < -0.39 is 0 Å². The Balaban J connectivity index is 2.22. The molecule has 3 nitrogen and oxygen atoms in total. The number of ether oxygens (including phenoxy) is 2. The molecule has 0 spiro atoms. The number of carbonyl (C=O) groups excluding carboxylic acids is 1. The zero-order valence-electron chi connectivity index (χ0n) is 12.8. The maximum atomic E-state index is 11.6. The van der Waals surface area contributed by atoms with Crippen molar-refractivity contribution in [3.63, 3.8) is 0 Å². The number of benzene rings is 2. The first-order valence-electron chi connectivity index (χ1n) is 7.33. The highest BCUT2D eigenvalue weighted by molar-refractivity contribution is 6.30. The van der Waals surface area contributed by atoms with Gasteiger partial charge in [-0.15, -0.1) is 0 Å². The van der Waals surface area contributed by atoms with E-state index in [0.29, 0.717) is 17.4 Å². The van der Waals surface area contributed by atoms with E-state index in [1.165, 1.54) is 0 Å². The fourth-order valence-corrected chi connectivity index (χ4v) is 2.31. The minimum absolute atomic E-state index is 0.236. The molecule has 2 aromatic rings. The third-order valence-electron chi connectivity index (χ3n) is 3.19. The minimum atomic E-state index is -0.236. The molecule has 0 heterocycles. The van der Waals surface area contributed by atoms with Gasteiger partial charge in [0.15, 0.2) is 0 Å². The summed E-state index contributed by atoms with van der Waals surface area (Å²) >= 11 is 5.98. The third-order valence-corrected chi connectivity index (χ3v) is 3.43. The predicted molar refractivity (Wildman–Crippen MR) is 87.7 cm³/mol. The van der Waals surface area contributed by atoms with Crippen LogP contribution in [0.15, 0.2) is 42.5 Å². The highest BCUT2D eigenvalue weighted by Gasteiger charge is 2.09. The van der Waals surface area contributed by atoms with Gasteiger partial charge >= 0.3 is 5.97 Å². The normalized spacial score (nSPS) is 10.3. The maximum absolute atomic E-state index is 11.6. The summed E-state index contributed by atoms with van der Waals surface area (Å²) in [4.78, 5) is 11.6. The van der Waals surface area contributed by atoms with Crippen LogP contribution in [0.3, 0.4) is 0 Å². The number of hydrogen-bond donors (Lipinski definition) is 0. The van der Waals surface area contributed by atoms with Gasteiger partial charge in [0.05, 0.1) is 13.0 Å². The summed E-state index contributed by atoms with van der Waals surface area (Å²) in [5.41, 5.74) is 1.94. The molecule has 0 radical (unpaired) electrons. The number of aryl methyl sites for hydroxylation is 1. The summed E-state index contributed by atoms with van der Waals surface area (Å²) in [5.74, 6) is 1.18. The first-order chi connectivity index (χ1) is 10.6. The molecule has 22 heavy (non-hydrogen) atoms. The van der Waals surface area contributed by atoms with E-state index in [0.717, 1.165) is 23.3 Å². The number of hydrogen-bond acceptors (Lipinski definition) is 3. The van der Waals surface area contributed by atoms with Crippen molar-refractivity contribution >= 4 is 17.6 Å². The maximum Gasteiger partial charge on any atom is 0.310 e. The van der Waals surface area contributed by atoms with Gasteiger partial charge in [-0.3, -0.25) is 4.79 Å². The Bertz CT molecular complexity index is 653. The van der Waals surface area contributed by atoms with Crippen LogP contribution >= 0.6 is 11.6 Å². The average molecular weight is 319 g/mol. The fourth-order valence-electron chi connectivity index (χ4n) is 2.13. The molecule has 0 N–H and O–H groups in total. The van der Waals surface area contributed by atoms with Crippen LogP contribution in [0.2, 0.25) is 5.02 Å². The summed E-state index contributed by atoms with van der Waals surface area (Å²) in [7, 11) is 0. The highest BCUT2D eigenvalue weighted by Crippen LogP contribution is 2.28. The van der Waals surface area contributed by atoms with Crippen molar-refractivity contribution in [3.8, 4) is 11.5 Å². The second-order valence-electron chi connectivity index (χ2n) is 4.84. The van der Waals surface area contributed by atoms with E-state index >= 15 is 0 Å². The third kappa shape index (κ3) is 4.50. The molecule has 0 aliphatic heterocycles. The Hall–Kier alpha value is -2.00. The van der Waals surface area contributed by atoms with Crippen LogP contribution < -0.4 is 4.74 Å². The van der Waals surface area contributed by atoms with Crippen LogP contribution in [0.25, 0.3) is 0 Å². The molecule has 4 heteroatoms. The van der Waals surface area contributed by atoms with E-state index in [9.17, 15) is 4.79 Å². The van der Waals surface area contributed by atoms with Crippen molar-refractivity contribution in [1.29, 1.82) is 0 Å². The quantitative estimate of drug-likeness (QED) is 0.718. The topological polar surface area (TPSA) is 35.5 Å². The Kier molecular flexibility index (Phi) is 5.84. The molecule has 0 bridgehead atoms. The summed E-state index contributed by atoms with van der Waals surface area (Å²) in [6.45, 7) is 4.24. The van der Waals surface area contributed by atoms with E-state index in [2.05, 4.69) is 6.92 Å². The van der Waals surface area contributed by atoms with Crippen molar-refractivity contribution in [2.24, 2.45) is 0 Å². The second-order valence-corrected chi connectivity index (χ2v) is 5.27. The van der Waals surface area contributed by atoms with E-state index in [4.69, 9.17) is 21.1 Å². The van der Waals surface area contributed by atoms with Crippen LogP contribution in [-0.2, 0) is 22.4 Å².